The van der Waals surface area contributed by atoms with Crippen molar-refractivity contribution >= 4 is 17.5 Å². The summed E-state index contributed by atoms with van der Waals surface area (Å²) in [4.78, 5) is 38.0. The van der Waals surface area contributed by atoms with E-state index in [0.717, 1.165) is 30.5 Å². The van der Waals surface area contributed by atoms with Crippen molar-refractivity contribution in [1.82, 2.24) is 14.5 Å². The fraction of sp³-hybridized carbons (Fsp3) is 0.500. The minimum atomic E-state index is -0.637. The minimum absolute atomic E-state index is 0.0880. The Bertz CT molecular complexity index is 542. The molecule has 6 nitrogen and oxygen atoms in total. The van der Waals surface area contributed by atoms with Gasteiger partial charge < -0.3 is 4.90 Å². The zero-order valence-corrected chi connectivity index (χ0v) is 9.87. The average Bonchev–Trinajstić information content (AvgIpc) is 2.79. The normalized spacial score (nSPS) is 15.2. The van der Waals surface area contributed by atoms with E-state index in [9.17, 15) is 14.4 Å². The van der Waals surface area contributed by atoms with Crippen molar-refractivity contribution in [3.05, 3.63) is 32.1 Å². The van der Waals surface area contributed by atoms with Gasteiger partial charge in [0.15, 0.2) is 0 Å². The van der Waals surface area contributed by atoms with Gasteiger partial charge >= 0.3 is 5.69 Å². The van der Waals surface area contributed by atoms with Crippen LogP contribution in [0, 0.1) is 0 Å². The fourth-order valence-corrected chi connectivity index (χ4v) is 1.98. The van der Waals surface area contributed by atoms with Crippen LogP contribution in [0.2, 0.25) is 5.02 Å². The molecule has 2 rings (SSSR count). The summed E-state index contributed by atoms with van der Waals surface area (Å²) in [5.74, 6) is -0.132. The standard InChI is InChI=1S/C10H12ClN3O3/c11-7-5-14(10(17)12-9(7)16)6-8(15)13-3-1-2-4-13/h5H,1-4,6H2,(H,12,16,17). The van der Waals surface area contributed by atoms with Crippen molar-refractivity contribution in [3.63, 3.8) is 0 Å². The molecule has 1 fully saturated rings. The maximum Gasteiger partial charge on any atom is 0.328 e. The highest BCUT2D eigenvalue weighted by Gasteiger charge is 2.18. The molecule has 1 aliphatic heterocycles. The van der Waals surface area contributed by atoms with Gasteiger partial charge in [-0.15, -0.1) is 0 Å². The molecule has 7 heteroatoms. The van der Waals surface area contributed by atoms with Crippen LogP contribution in [0.4, 0.5) is 0 Å². The van der Waals surface area contributed by atoms with Crippen molar-refractivity contribution in [2.45, 2.75) is 19.4 Å². The Morgan fingerprint density at radius 3 is 2.65 bits per heavy atom. The van der Waals surface area contributed by atoms with Gasteiger partial charge in [-0.2, -0.15) is 0 Å². The number of carbonyl (C=O) groups excluding carboxylic acids is 1. The topological polar surface area (TPSA) is 75.2 Å². The van der Waals surface area contributed by atoms with E-state index >= 15 is 0 Å². The summed E-state index contributed by atoms with van der Waals surface area (Å²) in [5.41, 5.74) is -1.26. The molecule has 1 saturated heterocycles. The van der Waals surface area contributed by atoms with E-state index in [0.29, 0.717) is 0 Å². The number of aromatic amines is 1. The van der Waals surface area contributed by atoms with Crippen LogP contribution in [-0.4, -0.2) is 33.4 Å². The predicted octanol–water partition coefficient (Wildman–Crippen LogP) is -0.188. The third-order valence-corrected chi connectivity index (χ3v) is 3.00. The van der Waals surface area contributed by atoms with Crippen molar-refractivity contribution in [2.75, 3.05) is 13.1 Å². The van der Waals surface area contributed by atoms with Gasteiger partial charge in [0.1, 0.15) is 11.6 Å². The van der Waals surface area contributed by atoms with Crippen molar-refractivity contribution < 1.29 is 4.79 Å². The SMILES string of the molecule is O=C(Cn1cc(Cl)c(=O)[nH]c1=O)N1CCCC1. The molecule has 0 bridgehead atoms. The lowest BCUT2D eigenvalue weighted by molar-refractivity contribution is -0.130. The molecule has 17 heavy (non-hydrogen) atoms. The van der Waals surface area contributed by atoms with Crippen molar-refractivity contribution in [1.29, 1.82) is 0 Å². The number of aromatic nitrogens is 2. The highest BCUT2D eigenvalue weighted by Crippen LogP contribution is 2.08. The van der Waals surface area contributed by atoms with Crippen molar-refractivity contribution in [2.24, 2.45) is 0 Å². The molecular formula is C10H12ClN3O3. The molecule has 0 aliphatic carbocycles. The van der Waals surface area contributed by atoms with Crippen LogP contribution in [0.3, 0.4) is 0 Å². The number of nitrogens with one attached hydrogen (secondary N) is 1. The second-order valence-corrected chi connectivity index (χ2v) is 4.36. The molecule has 1 aromatic heterocycles. The number of H-pyrrole nitrogens is 1. The largest absolute Gasteiger partial charge is 0.341 e. The number of likely N-dealkylation sites (tertiary alicyclic amines) is 1. The fourth-order valence-electron chi connectivity index (χ4n) is 1.81. The molecule has 2 heterocycles. The second kappa shape index (κ2) is 4.75. The van der Waals surface area contributed by atoms with E-state index in [1.54, 1.807) is 4.90 Å². The number of hydrogen-bond acceptors (Lipinski definition) is 3. The lowest BCUT2D eigenvalue weighted by Crippen LogP contribution is -2.37. The molecule has 0 aromatic carbocycles. The van der Waals surface area contributed by atoms with Crippen LogP contribution in [0.15, 0.2) is 15.8 Å². The lowest BCUT2D eigenvalue weighted by Gasteiger charge is -2.15. The monoisotopic (exact) mass is 257 g/mol. The molecule has 0 radical (unpaired) electrons. The summed E-state index contributed by atoms with van der Waals surface area (Å²) in [7, 11) is 0. The molecule has 1 amide bonds. The first-order valence-corrected chi connectivity index (χ1v) is 5.73. The average molecular weight is 258 g/mol. The third kappa shape index (κ3) is 2.58. The quantitative estimate of drug-likeness (QED) is 0.798. The van der Waals surface area contributed by atoms with Gasteiger partial charge in [0.05, 0.1) is 0 Å². The Labute approximate surface area is 102 Å². The molecule has 1 aromatic rings. The van der Waals surface area contributed by atoms with Crippen LogP contribution in [0.1, 0.15) is 12.8 Å². The molecule has 1 aliphatic rings. The zero-order valence-electron chi connectivity index (χ0n) is 9.11. The van der Waals surface area contributed by atoms with Crippen LogP contribution in [0.5, 0.6) is 0 Å². The summed E-state index contributed by atoms with van der Waals surface area (Å²) in [6, 6.07) is 0. The predicted molar refractivity (Wildman–Crippen MR) is 62.1 cm³/mol. The number of carbonyl (C=O) groups is 1. The Balaban J connectivity index is 2.18. The molecule has 0 spiro atoms. The second-order valence-electron chi connectivity index (χ2n) is 3.95. The van der Waals surface area contributed by atoms with Crippen LogP contribution >= 0.6 is 11.6 Å². The van der Waals surface area contributed by atoms with Gasteiger partial charge in [-0.1, -0.05) is 11.6 Å². The number of amides is 1. The van der Waals surface area contributed by atoms with Crippen LogP contribution < -0.4 is 11.2 Å². The Hall–Kier alpha value is -1.56. The lowest BCUT2D eigenvalue weighted by atomic mass is 10.4. The molecule has 0 atom stereocenters. The summed E-state index contributed by atoms with van der Waals surface area (Å²) < 4.78 is 1.12. The van der Waals surface area contributed by atoms with Gasteiger partial charge in [0.25, 0.3) is 5.56 Å². The van der Waals surface area contributed by atoms with Gasteiger partial charge in [-0.05, 0) is 12.8 Å². The highest BCUT2D eigenvalue weighted by atomic mass is 35.5. The molecule has 92 valence electrons. The van der Waals surface area contributed by atoms with Gasteiger partial charge in [-0.25, -0.2) is 4.79 Å². The summed E-state index contributed by atoms with van der Waals surface area (Å²) in [5, 5.41) is -0.0983. The zero-order chi connectivity index (χ0) is 12.4. The first-order chi connectivity index (χ1) is 8.08. The first kappa shape index (κ1) is 11.9. The highest BCUT2D eigenvalue weighted by molar-refractivity contribution is 6.30. The third-order valence-electron chi connectivity index (χ3n) is 2.73. The Kier molecular flexibility index (Phi) is 3.33. The number of nitrogens with zero attached hydrogens (tertiary/aromatic N) is 2. The van der Waals surface area contributed by atoms with E-state index in [2.05, 4.69) is 4.98 Å². The van der Waals surface area contributed by atoms with E-state index < -0.39 is 11.2 Å². The Morgan fingerprint density at radius 1 is 1.35 bits per heavy atom. The van der Waals surface area contributed by atoms with Crippen molar-refractivity contribution in [3.8, 4) is 0 Å². The Morgan fingerprint density at radius 2 is 2.00 bits per heavy atom. The number of halogens is 1. The van der Waals surface area contributed by atoms with Crippen LogP contribution in [-0.2, 0) is 11.3 Å². The summed E-state index contributed by atoms with van der Waals surface area (Å²) in [6.07, 6.45) is 3.18. The van der Waals surface area contributed by atoms with E-state index in [1.165, 1.54) is 6.20 Å². The smallest absolute Gasteiger partial charge is 0.328 e. The maximum absolute atomic E-state index is 11.8. The summed E-state index contributed by atoms with van der Waals surface area (Å²) >= 11 is 5.60. The van der Waals surface area contributed by atoms with Gasteiger partial charge in [0.2, 0.25) is 5.91 Å². The first-order valence-electron chi connectivity index (χ1n) is 5.35. The van der Waals surface area contributed by atoms with E-state index in [4.69, 9.17) is 11.6 Å². The van der Waals surface area contributed by atoms with E-state index in [1.807, 2.05) is 0 Å². The number of hydrogen-bond donors (Lipinski definition) is 1. The van der Waals surface area contributed by atoms with E-state index in [-0.39, 0.29) is 17.5 Å². The molecular weight excluding hydrogens is 246 g/mol. The summed E-state index contributed by atoms with van der Waals surface area (Å²) in [6.45, 7) is 1.37. The van der Waals surface area contributed by atoms with Crippen LogP contribution in [0.25, 0.3) is 0 Å². The number of rotatable bonds is 2. The van der Waals surface area contributed by atoms with Gasteiger partial charge in [-0.3, -0.25) is 19.1 Å². The van der Waals surface area contributed by atoms with Gasteiger partial charge in [0, 0.05) is 19.3 Å². The molecule has 0 unspecified atom stereocenters. The molecule has 1 N–H and O–H groups in total. The molecule has 0 saturated carbocycles. The minimum Gasteiger partial charge on any atom is -0.341 e. The maximum atomic E-state index is 11.8.